The van der Waals surface area contributed by atoms with Crippen molar-refractivity contribution in [2.45, 2.75) is 11.8 Å². The Kier molecular flexibility index (Phi) is 4.78. The number of carbonyl (C=O) groups is 1. The largest absolute Gasteiger partial charge is 0.497 e. The number of methoxy groups -OCH3 is 1. The molecule has 134 valence electrons. The number of oxazole rings is 1. The minimum absolute atomic E-state index is 0.209. The molecule has 1 aliphatic heterocycles. The molecule has 0 spiro atoms. The van der Waals surface area contributed by atoms with Gasteiger partial charge in [0.25, 0.3) is 5.91 Å². The molecule has 1 aromatic heterocycles. The van der Waals surface area contributed by atoms with E-state index in [1.165, 1.54) is 29.9 Å². The lowest BCUT2D eigenvalue weighted by Crippen LogP contribution is -2.50. The second-order valence-corrected chi connectivity index (χ2v) is 7.57. The Morgan fingerprint density at radius 1 is 1.16 bits per heavy atom. The highest BCUT2D eigenvalue weighted by atomic mass is 32.2. The lowest BCUT2D eigenvalue weighted by Gasteiger charge is -2.33. The van der Waals surface area contributed by atoms with Crippen molar-refractivity contribution in [3.05, 3.63) is 42.1 Å². The first-order valence-corrected chi connectivity index (χ1v) is 9.21. The third-order valence-electron chi connectivity index (χ3n) is 4.17. The Bertz CT molecular complexity index is 852. The van der Waals surface area contributed by atoms with Crippen LogP contribution in [0.4, 0.5) is 0 Å². The van der Waals surface area contributed by atoms with Crippen LogP contribution in [0.2, 0.25) is 0 Å². The summed E-state index contributed by atoms with van der Waals surface area (Å²) < 4.78 is 36.9. The molecule has 0 radical (unpaired) electrons. The molecule has 0 N–H and O–H groups in total. The third kappa shape index (κ3) is 3.38. The molecule has 0 bridgehead atoms. The number of rotatable bonds is 4. The lowest BCUT2D eigenvalue weighted by atomic mass is 10.3. The van der Waals surface area contributed by atoms with Gasteiger partial charge in [-0.1, -0.05) is 0 Å². The Morgan fingerprint density at radius 2 is 1.80 bits per heavy atom. The Morgan fingerprint density at radius 3 is 2.32 bits per heavy atom. The average Bonchev–Trinajstić information content (AvgIpc) is 3.07. The summed E-state index contributed by atoms with van der Waals surface area (Å²) in [6.07, 6.45) is 1.23. The summed E-state index contributed by atoms with van der Waals surface area (Å²) in [4.78, 5) is 18.1. The van der Waals surface area contributed by atoms with Crippen molar-refractivity contribution in [1.29, 1.82) is 0 Å². The number of carbonyl (C=O) groups excluding carboxylic acids is 1. The van der Waals surface area contributed by atoms with Gasteiger partial charge in [0.1, 0.15) is 11.5 Å². The first kappa shape index (κ1) is 17.4. The summed E-state index contributed by atoms with van der Waals surface area (Å²) in [6.45, 7) is 2.75. The van der Waals surface area contributed by atoms with Gasteiger partial charge in [0.15, 0.2) is 12.1 Å². The van der Waals surface area contributed by atoms with Gasteiger partial charge < -0.3 is 14.1 Å². The topological polar surface area (TPSA) is 93.0 Å². The maximum Gasteiger partial charge on any atom is 0.276 e. The van der Waals surface area contributed by atoms with Crippen LogP contribution in [0.5, 0.6) is 5.75 Å². The third-order valence-corrected chi connectivity index (χ3v) is 6.08. The first-order chi connectivity index (χ1) is 11.9. The van der Waals surface area contributed by atoms with Gasteiger partial charge in [-0.2, -0.15) is 4.31 Å². The summed E-state index contributed by atoms with van der Waals surface area (Å²) in [6, 6.07) is 6.26. The van der Waals surface area contributed by atoms with Crippen LogP contribution in [0, 0.1) is 6.92 Å². The fourth-order valence-electron chi connectivity index (χ4n) is 2.69. The van der Waals surface area contributed by atoms with E-state index in [1.54, 1.807) is 24.0 Å². The zero-order valence-corrected chi connectivity index (χ0v) is 14.8. The van der Waals surface area contributed by atoms with E-state index in [-0.39, 0.29) is 29.6 Å². The highest BCUT2D eigenvalue weighted by molar-refractivity contribution is 7.89. The van der Waals surface area contributed by atoms with Crippen molar-refractivity contribution >= 4 is 15.9 Å². The highest BCUT2D eigenvalue weighted by Crippen LogP contribution is 2.21. The second kappa shape index (κ2) is 6.85. The number of amides is 1. The van der Waals surface area contributed by atoms with Gasteiger partial charge in [-0.15, -0.1) is 0 Å². The van der Waals surface area contributed by atoms with E-state index < -0.39 is 10.0 Å². The number of aromatic nitrogens is 1. The predicted molar refractivity (Wildman–Crippen MR) is 88.9 cm³/mol. The SMILES string of the molecule is COc1ccc(S(=O)(=O)N2CCN(C(=O)c3ncoc3C)CC2)cc1. The van der Waals surface area contributed by atoms with Crippen LogP contribution in [-0.4, -0.2) is 61.8 Å². The summed E-state index contributed by atoms with van der Waals surface area (Å²) in [7, 11) is -2.07. The highest BCUT2D eigenvalue weighted by Gasteiger charge is 2.31. The van der Waals surface area contributed by atoms with Gasteiger partial charge >= 0.3 is 0 Å². The molecule has 3 rings (SSSR count). The zero-order valence-electron chi connectivity index (χ0n) is 14.0. The Balaban J connectivity index is 1.68. The minimum atomic E-state index is -3.59. The van der Waals surface area contributed by atoms with Gasteiger partial charge in [0.05, 0.1) is 12.0 Å². The second-order valence-electron chi connectivity index (χ2n) is 5.63. The van der Waals surface area contributed by atoms with E-state index in [1.807, 2.05) is 0 Å². The van der Waals surface area contributed by atoms with E-state index in [2.05, 4.69) is 4.98 Å². The van der Waals surface area contributed by atoms with E-state index in [0.29, 0.717) is 24.6 Å². The number of nitrogens with zero attached hydrogens (tertiary/aromatic N) is 3. The van der Waals surface area contributed by atoms with Crippen LogP contribution in [0.1, 0.15) is 16.2 Å². The number of aryl methyl sites for hydroxylation is 1. The van der Waals surface area contributed by atoms with Crippen molar-refractivity contribution in [2.75, 3.05) is 33.3 Å². The number of sulfonamides is 1. The quantitative estimate of drug-likeness (QED) is 0.807. The molecule has 9 heteroatoms. The summed E-state index contributed by atoms with van der Waals surface area (Å²) in [5.74, 6) is 0.809. The van der Waals surface area contributed by atoms with Gasteiger partial charge in [-0.3, -0.25) is 4.79 Å². The fourth-order valence-corrected chi connectivity index (χ4v) is 4.11. The van der Waals surface area contributed by atoms with Crippen molar-refractivity contribution in [3.63, 3.8) is 0 Å². The molecule has 25 heavy (non-hydrogen) atoms. The number of benzene rings is 1. The molecule has 1 amide bonds. The smallest absolute Gasteiger partial charge is 0.276 e. The van der Waals surface area contributed by atoms with Crippen LogP contribution in [0.3, 0.4) is 0 Å². The van der Waals surface area contributed by atoms with Gasteiger partial charge in [-0.25, -0.2) is 13.4 Å². The molecular formula is C16H19N3O5S. The number of ether oxygens (including phenoxy) is 1. The fraction of sp³-hybridized carbons (Fsp3) is 0.375. The van der Waals surface area contributed by atoms with Gasteiger partial charge in [-0.05, 0) is 31.2 Å². The Hall–Kier alpha value is -2.39. The molecule has 1 saturated heterocycles. The van der Waals surface area contributed by atoms with Crippen LogP contribution < -0.4 is 4.74 Å². The van der Waals surface area contributed by atoms with Crippen molar-refractivity contribution < 1.29 is 22.4 Å². The zero-order chi connectivity index (χ0) is 18.0. The molecule has 1 fully saturated rings. The van der Waals surface area contributed by atoms with E-state index in [0.717, 1.165) is 0 Å². The number of hydrogen-bond acceptors (Lipinski definition) is 6. The van der Waals surface area contributed by atoms with Crippen molar-refractivity contribution in [3.8, 4) is 5.75 Å². The normalized spacial score (nSPS) is 16.0. The molecule has 0 unspecified atom stereocenters. The van der Waals surface area contributed by atoms with E-state index in [9.17, 15) is 13.2 Å². The molecule has 0 atom stereocenters. The average molecular weight is 365 g/mol. The maximum atomic E-state index is 12.7. The predicted octanol–water partition coefficient (Wildman–Crippen LogP) is 1.14. The molecular weight excluding hydrogens is 346 g/mol. The number of hydrogen-bond donors (Lipinski definition) is 0. The molecule has 1 aliphatic rings. The lowest BCUT2D eigenvalue weighted by molar-refractivity contribution is 0.0691. The minimum Gasteiger partial charge on any atom is -0.497 e. The first-order valence-electron chi connectivity index (χ1n) is 7.77. The van der Waals surface area contributed by atoms with Crippen molar-refractivity contribution in [1.82, 2.24) is 14.2 Å². The summed E-state index contributed by atoms with van der Waals surface area (Å²) in [5, 5.41) is 0. The van der Waals surface area contributed by atoms with E-state index in [4.69, 9.17) is 9.15 Å². The molecule has 1 aromatic carbocycles. The van der Waals surface area contributed by atoms with E-state index >= 15 is 0 Å². The van der Waals surface area contributed by atoms with Gasteiger partial charge in [0.2, 0.25) is 10.0 Å². The van der Waals surface area contributed by atoms with Crippen LogP contribution in [0.15, 0.2) is 40.0 Å². The number of piperazine rings is 1. The summed E-state index contributed by atoms with van der Waals surface area (Å²) >= 11 is 0. The van der Waals surface area contributed by atoms with Crippen molar-refractivity contribution in [2.24, 2.45) is 0 Å². The summed E-state index contributed by atoms with van der Waals surface area (Å²) in [5.41, 5.74) is 0.270. The monoisotopic (exact) mass is 365 g/mol. The van der Waals surface area contributed by atoms with Crippen LogP contribution in [0.25, 0.3) is 0 Å². The van der Waals surface area contributed by atoms with Gasteiger partial charge in [0, 0.05) is 26.2 Å². The standard InChI is InChI=1S/C16H19N3O5S/c1-12-15(17-11-24-12)16(20)18-7-9-19(10-8-18)25(21,22)14-5-3-13(23-2)4-6-14/h3-6,11H,7-10H2,1-2H3. The molecule has 2 aromatic rings. The van der Waals surface area contributed by atoms with Crippen LogP contribution >= 0.6 is 0 Å². The molecule has 2 heterocycles. The molecule has 0 aliphatic carbocycles. The molecule has 0 saturated carbocycles. The van der Waals surface area contributed by atoms with Crippen LogP contribution in [-0.2, 0) is 10.0 Å². The molecule has 8 nitrogen and oxygen atoms in total. The maximum absolute atomic E-state index is 12.7. The Labute approximate surface area is 146 Å².